The molecule has 0 aliphatic heterocycles. The molecule has 0 aliphatic carbocycles. The highest BCUT2D eigenvalue weighted by Crippen LogP contribution is 2.13. The number of nitrogens with zero attached hydrogens (tertiary/aromatic N) is 1. The average molecular weight is 236 g/mol. The maximum atomic E-state index is 5.58. The van der Waals surface area contributed by atoms with Gasteiger partial charge in [-0.2, -0.15) is 0 Å². The first-order chi connectivity index (χ1) is 8.13. The molecule has 0 bridgehead atoms. The van der Waals surface area contributed by atoms with Crippen molar-refractivity contribution in [1.29, 1.82) is 0 Å². The van der Waals surface area contributed by atoms with Gasteiger partial charge in [-0.15, -0.1) is 0 Å². The number of aromatic nitrogens is 1. The quantitative estimate of drug-likeness (QED) is 0.739. The summed E-state index contributed by atoms with van der Waals surface area (Å²) in [6.45, 7) is 10.1. The molecule has 1 rings (SSSR count). The minimum atomic E-state index is 0.495. The van der Waals surface area contributed by atoms with Crippen LogP contribution in [0.5, 0.6) is 5.88 Å². The highest BCUT2D eigenvalue weighted by Gasteiger charge is 2.03. The maximum absolute atomic E-state index is 5.58. The van der Waals surface area contributed by atoms with E-state index in [0.29, 0.717) is 6.04 Å². The minimum absolute atomic E-state index is 0.495. The number of nitrogens with one attached hydrogen (secondary N) is 1. The minimum Gasteiger partial charge on any atom is -0.478 e. The van der Waals surface area contributed by atoms with Gasteiger partial charge in [0, 0.05) is 24.3 Å². The van der Waals surface area contributed by atoms with Crippen molar-refractivity contribution in [2.45, 2.75) is 53.1 Å². The predicted molar refractivity (Wildman–Crippen MR) is 71.4 cm³/mol. The molecular weight excluding hydrogens is 212 g/mol. The maximum Gasteiger partial charge on any atom is 0.213 e. The Bertz CT molecular complexity index is 337. The van der Waals surface area contributed by atoms with Gasteiger partial charge in [0.15, 0.2) is 0 Å². The summed E-state index contributed by atoms with van der Waals surface area (Å²) in [5, 5.41) is 3.39. The number of rotatable bonds is 7. The summed E-state index contributed by atoms with van der Waals surface area (Å²) in [7, 11) is 0. The Labute approximate surface area is 105 Å². The average Bonchev–Trinajstić information content (AvgIpc) is 2.28. The molecule has 0 radical (unpaired) electrons. The standard InChI is InChI=1S/C14H24N2O/c1-5-6-9-17-14-8-7-13(12(4)16-14)10-15-11(2)3/h7-8,11,15H,5-6,9-10H2,1-4H3. The summed E-state index contributed by atoms with van der Waals surface area (Å²) in [5.74, 6) is 0.740. The van der Waals surface area contributed by atoms with Gasteiger partial charge in [0.25, 0.3) is 0 Å². The summed E-state index contributed by atoms with van der Waals surface area (Å²) in [6.07, 6.45) is 2.23. The Balaban J connectivity index is 2.53. The molecule has 17 heavy (non-hydrogen) atoms. The van der Waals surface area contributed by atoms with Gasteiger partial charge in [0.2, 0.25) is 5.88 Å². The van der Waals surface area contributed by atoms with Crippen molar-refractivity contribution in [2.24, 2.45) is 0 Å². The Morgan fingerprint density at radius 2 is 2.12 bits per heavy atom. The van der Waals surface area contributed by atoms with E-state index in [1.165, 1.54) is 5.56 Å². The van der Waals surface area contributed by atoms with Crippen LogP contribution in [0.25, 0.3) is 0 Å². The molecule has 1 heterocycles. The van der Waals surface area contributed by atoms with Crippen LogP contribution in [0.2, 0.25) is 0 Å². The van der Waals surface area contributed by atoms with Crippen LogP contribution >= 0.6 is 0 Å². The van der Waals surface area contributed by atoms with Crippen LogP contribution in [0.1, 0.15) is 44.9 Å². The predicted octanol–water partition coefficient (Wildman–Crippen LogP) is 3.07. The van der Waals surface area contributed by atoms with Crippen molar-refractivity contribution in [1.82, 2.24) is 10.3 Å². The van der Waals surface area contributed by atoms with Gasteiger partial charge < -0.3 is 10.1 Å². The molecule has 0 saturated carbocycles. The lowest BCUT2D eigenvalue weighted by molar-refractivity contribution is 0.297. The fourth-order valence-corrected chi connectivity index (χ4v) is 1.47. The molecule has 1 N–H and O–H groups in total. The molecule has 3 heteroatoms. The lowest BCUT2D eigenvalue weighted by Gasteiger charge is -2.11. The number of unbranched alkanes of at least 4 members (excludes halogenated alkanes) is 1. The largest absolute Gasteiger partial charge is 0.478 e. The van der Waals surface area contributed by atoms with Crippen molar-refractivity contribution in [3.63, 3.8) is 0 Å². The molecule has 0 aliphatic rings. The summed E-state index contributed by atoms with van der Waals surface area (Å²) in [5.41, 5.74) is 2.29. The molecule has 0 saturated heterocycles. The molecule has 3 nitrogen and oxygen atoms in total. The second kappa shape index (κ2) is 7.28. The molecule has 0 spiro atoms. The van der Waals surface area contributed by atoms with Crippen molar-refractivity contribution in [3.05, 3.63) is 23.4 Å². The van der Waals surface area contributed by atoms with Gasteiger partial charge in [-0.05, 0) is 18.9 Å². The lowest BCUT2D eigenvalue weighted by Crippen LogP contribution is -2.22. The van der Waals surface area contributed by atoms with Crippen LogP contribution < -0.4 is 10.1 Å². The number of hydrogen-bond acceptors (Lipinski definition) is 3. The van der Waals surface area contributed by atoms with E-state index in [-0.39, 0.29) is 0 Å². The molecule has 96 valence electrons. The van der Waals surface area contributed by atoms with E-state index in [1.807, 2.05) is 13.0 Å². The monoisotopic (exact) mass is 236 g/mol. The van der Waals surface area contributed by atoms with Crippen molar-refractivity contribution < 1.29 is 4.74 Å². The Morgan fingerprint density at radius 1 is 1.35 bits per heavy atom. The first-order valence-corrected chi connectivity index (χ1v) is 6.46. The van der Waals surface area contributed by atoms with Crippen LogP contribution in [-0.2, 0) is 6.54 Å². The van der Waals surface area contributed by atoms with Gasteiger partial charge in [-0.1, -0.05) is 33.3 Å². The SMILES string of the molecule is CCCCOc1ccc(CNC(C)C)c(C)n1. The summed E-state index contributed by atoms with van der Waals surface area (Å²) < 4.78 is 5.58. The normalized spacial score (nSPS) is 10.9. The second-order valence-electron chi connectivity index (χ2n) is 4.63. The fraction of sp³-hybridized carbons (Fsp3) is 0.643. The van der Waals surface area contributed by atoms with Crippen molar-refractivity contribution in [3.8, 4) is 5.88 Å². The van der Waals surface area contributed by atoms with Crippen molar-refractivity contribution >= 4 is 0 Å². The summed E-state index contributed by atoms with van der Waals surface area (Å²) in [4.78, 5) is 4.46. The molecule has 0 unspecified atom stereocenters. The van der Waals surface area contributed by atoms with E-state index < -0.39 is 0 Å². The van der Waals surface area contributed by atoms with Crippen LogP contribution in [-0.4, -0.2) is 17.6 Å². The fourth-order valence-electron chi connectivity index (χ4n) is 1.47. The number of aryl methyl sites for hydroxylation is 1. The third kappa shape index (κ3) is 5.18. The van der Waals surface area contributed by atoms with Crippen LogP contribution in [0, 0.1) is 6.92 Å². The van der Waals surface area contributed by atoms with E-state index in [9.17, 15) is 0 Å². The third-order valence-electron chi connectivity index (χ3n) is 2.62. The van der Waals surface area contributed by atoms with Gasteiger partial charge in [-0.25, -0.2) is 4.98 Å². The molecule has 1 aromatic rings. The van der Waals surface area contributed by atoms with E-state index in [4.69, 9.17) is 4.74 Å². The highest BCUT2D eigenvalue weighted by atomic mass is 16.5. The molecule has 0 fully saturated rings. The summed E-state index contributed by atoms with van der Waals surface area (Å²) >= 11 is 0. The van der Waals surface area contributed by atoms with Gasteiger partial charge in [-0.3, -0.25) is 0 Å². The number of ether oxygens (including phenoxy) is 1. The molecular formula is C14H24N2O. The Kier molecular flexibility index (Phi) is 5.98. The first-order valence-electron chi connectivity index (χ1n) is 6.46. The molecule has 0 aromatic carbocycles. The summed E-state index contributed by atoms with van der Waals surface area (Å²) in [6, 6.07) is 4.55. The molecule has 0 atom stereocenters. The third-order valence-corrected chi connectivity index (χ3v) is 2.62. The van der Waals surface area contributed by atoms with Crippen molar-refractivity contribution in [2.75, 3.05) is 6.61 Å². The topological polar surface area (TPSA) is 34.1 Å². The van der Waals surface area contributed by atoms with E-state index in [2.05, 4.69) is 37.1 Å². The molecule has 1 aromatic heterocycles. The first kappa shape index (κ1) is 14.0. The lowest BCUT2D eigenvalue weighted by atomic mass is 10.2. The Hall–Kier alpha value is -1.09. The van der Waals surface area contributed by atoms with E-state index in [0.717, 1.165) is 37.6 Å². The second-order valence-corrected chi connectivity index (χ2v) is 4.63. The number of hydrogen-bond donors (Lipinski definition) is 1. The number of pyridine rings is 1. The van der Waals surface area contributed by atoms with Crippen LogP contribution in [0.15, 0.2) is 12.1 Å². The zero-order valence-corrected chi connectivity index (χ0v) is 11.4. The van der Waals surface area contributed by atoms with Gasteiger partial charge >= 0.3 is 0 Å². The van der Waals surface area contributed by atoms with Gasteiger partial charge in [0.1, 0.15) is 0 Å². The van der Waals surface area contributed by atoms with Crippen LogP contribution in [0.4, 0.5) is 0 Å². The van der Waals surface area contributed by atoms with Gasteiger partial charge in [0.05, 0.1) is 6.61 Å². The Morgan fingerprint density at radius 3 is 2.71 bits per heavy atom. The zero-order chi connectivity index (χ0) is 12.7. The van der Waals surface area contributed by atoms with E-state index in [1.54, 1.807) is 0 Å². The van der Waals surface area contributed by atoms with Crippen LogP contribution in [0.3, 0.4) is 0 Å². The molecule has 0 amide bonds. The highest BCUT2D eigenvalue weighted by molar-refractivity contribution is 5.24. The smallest absolute Gasteiger partial charge is 0.213 e. The zero-order valence-electron chi connectivity index (χ0n) is 11.4. The van der Waals surface area contributed by atoms with E-state index >= 15 is 0 Å².